The van der Waals surface area contributed by atoms with E-state index in [0.29, 0.717) is 11.4 Å². The Labute approximate surface area is 381 Å². The average molecular weight is 846 g/mol. The zero-order valence-electron chi connectivity index (χ0n) is 38.7. The zero-order chi connectivity index (χ0) is 45.1. The van der Waals surface area contributed by atoms with E-state index in [0.717, 1.165) is 97.9 Å². The molecule has 1 fully saturated rings. The van der Waals surface area contributed by atoms with Crippen LogP contribution in [-0.4, -0.2) is 24.0 Å². The number of para-hydroxylation sites is 3. The summed E-state index contributed by atoms with van der Waals surface area (Å²) in [7, 11) is 0. The van der Waals surface area contributed by atoms with E-state index in [2.05, 4.69) is 171 Å². The molecule has 0 spiro atoms. The molecular weight excluding hydrogens is 793 g/mol. The fourth-order valence-corrected chi connectivity index (χ4v) is 10.7. The average Bonchev–Trinajstić information content (AvgIpc) is 4.00. The third-order valence-corrected chi connectivity index (χ3v) is 14.3. The van der Waals surface area contributed by atoms with Crippen molar-refractivity contribution in [3.05, 3.63) is 175 Å². The summed E-state index contributed by atoms with van der Waals surface area (Å²) in [5.74, 6) is 0.244. The van der Waals surface area contributed by atoms with Crippen LogP contribution in [-0.2, 0) is 5.41 Å². The second-order valence-electron chi connectivity index (χ2n) is 20.0. The minimum absolute atomic E-state index is 0.0686. The number of rotatable bonds is 6. The van der Waals surface area contributed by atoms with Gasteiger partial charge in [0.05, 0.1) is 44.5 Å². The quantitative estimate of drug-likeness (QED) is 0.181. The molecule has 4 heterocycles. The largest absolute Gasteiger partial charge is 0.507 e. The van der Waals surface area contributed by atoms with Gasteiger partial charge in [-0.2, -0.15) is 0 Å². The van der Waals surface area contributed by atoms with Crippen molar-refractivity contribution >= 4 is 49.1 Å². The monoisotopic (exact) mass is 845 g/mol. The summed E-state index contributed by atoms with van der Waals surface area (Å²) in [6, 6.07) is 55.6. The van der Waals surface area contributed by atoms with Crippen molar-refractivity contribution in [3.8, 4) is 56.3 Å². The molecule has 65 heavy (non-hydrogen) atoms. The molecule has 0 radical (unpaired) electrons. The maximum absolute atomic E-state index is 11.5. The molecule has 0 atom stereocenters. The summed E-state index contributed by atoms with van der Waals surface area (Å²) in [4.78, 5) is 10.5. The minimum atomic E-state index is -0.592. The lowest BCUT2D eigenvalue weighted by molar-refractivity contribution is 0.224. The van der Waals surface area contributed by atoms with Crippen LogP contribution in [0.25, 0.3) is 99.7 Å². The van der Waals surface area contributed by atoms with Gasteiger partial charge in [-0.3, -0.25) is 9.55 Å². The van der Waals surface area contributed by atoms with E-state index in [4.69, 9.17) is 9.97 Å². The number of hydrogen-bond acceptors (Lipinski definition) is 3. The second-order valence-corrected chi connectivity index (χ2v) is 20.0. The number of phenols is 1. The van der Waals surface area contributed by atoms with E-state index in [1.165, 1.54) is 27.2 Å². The van der Waals surface area contributed by atoms with Crippen LogP contribution in [0.4, 0.5) is 0 Å². The van der Waals surface area contributed by atoms with Crippen LogP contribution in [0.2, 0.25) is 0 Å². The maximum Gasteiger partial charge on any atom is 0.149 e. The minimum Gasteiger partial charge on any atom is -0.507 e. The van der Waals surface area contributed by atoms with Gasteiger partial charge >= 0.3 is 0 Å². The highest BCUT2D eigenvalue weighted by Gasteiger charge is 2.29. The molecule has 12 rings (SSSR count). The summed E-state index contributed by atoms with van der Waals surface area (Å²) in [6.45, 7) is 11.4. The van der Waals surface area contributed by atoms with Crippen molar-refractivity contribution < 1.29 is 6.48 Å². The molecule has 1 aliphatic carbocycles. The standard InChI is InChI=1S/C60H52N4O/c1-59(2,3)41-25-27-50(46(36-41)38-15-7-6-8-16-38)64-52-22-14-18-42(56(52)62-58(64)44-17-9-10-23-54(44)65)40-34-48(49-21-11-12-32-61-49)55-45-20-13-19-43-47-33-39(37-28-30-60(4,5)31-29-37)24-26-51(47)63(57(43)45)53(55)35-40/h6-27,32-37,65H,28-31H2,1-5H3/i37D. The molecular formula is C60H52N4O. The summed E-state index contributed by atoms with van der Waals surface area (Å²) >= 11 is 0. The molecule has 5 heteroatoms. The predicted octanol–water partition coefficient (Wildman–Crippen LogP) is 15.9. The number of aromatic hydroxyl groups is 1. The summed E-state index contributed by atoms with van der Waals surface area (Å²) in [6.07, 6.45) is 5.74. The number of benzene rings is 7. The van der Waals surface area contributed by atoms with Gasteiger partial charge in [-0.15, -0.1) is 0 Å². The van der Waals surface area contributed by atoms with Crippen LogP contribution < -0.4 is 0 Å². The van der Waals surface area contributed by atoms with Gasteiger partial charge in [0.1, 0.15) is 11.6 Å². The van der Waals surface area contributed by atoms with Gasteiger partial charge in [0.25, 0.3) is 0 Å². The first-order valence-corrected chi connectivity index (χ1v) is 23.1. The number of phenolic OH excluding ortho intramolecular Hbond substituents is 1. The Hall–Kier alpha value is -7.24. The Bertz CT molecular complexity index is 3680. The van der Waals surface area contributed by atoms with Crippen molar-refractivity contribution in [1.29, 1.82) is 0 Å². The number of pyridine rings is 1. The number of fused-ring (bicyclic) bond motifs is 7. The highest BCUT2D eigenvalue weighted by Crippen LogP contribution is 2.48. The van der Waals surface area contributed by atoms with Gasteiger partial charge in [-0.1, -0.05) is 126 Å². The highest BCUT2D eigenvalue weighted by atomic mass is 16.3. The van der Waals surface area contributed by atoms with E-state index in [1.54, 1.807) is 6.07 Å². The molecule has 1 N–H and O–H groups in total. The third-order valence-electron chi connectivity index (χ3n) is 14.3. The SMILES string of the molecule is [2H]C1(c2ccc3c(c2)c2cccc4c5c(-c6ccccn6)cc(-c6cccc7c6nc(-c6ccccc6O)n7-c6ccc(C(C)(C)C)cc6-c6ccccc6)cc5n3c24)CCC(C)(C)CC1. The molecule has 0 bridgehead atoms. The highest BCUT2D eigenvalue weighted by molar-refractivity contribution is 6.26. The molecule has 1 saturated carbocycles. The lowest BCUT2D eigenvalue weighted by atomic mass is 9.71. The molecule has 0 saturated heterocycles. The Kier molecular flexibility index (Phi) is 8.62. The molecule has 7 aromatic carbocycles. The predicted molar refractivity (Wildman–Crippen MR) is 271 cm³/mol. The van der Waals surface area contributed by atoms with E-state index in [9.17, 15) is 6.48 Å². The third kappa shape index (κ3) is 6.35. The van der Waals surface area contributed by atoms with Gasteiger partial charge < -0.3 is 9.51 Å². The van der Waals surface area contributed by atoms with Crippen molar-refractivity contribution in [2.75, 3.05) is 0 Å². The van der Waals surface area contributed by atoms with Crippen LogP contribution >= 0.6 is 0 Å². The maximum atomic E-state index is 11.5. The summed E-state index contributed by atoms with van der Waals surface area (Å²) in [5.41, 5.74) is 15.6. The number of aromatic nitrogens is 4. The Morgan fingerprint density at radius 1 is 0.631 bits per heavy atom. The van der Waals surface area contributed by atoms with Crippen LogP contribution in [0.5, 0.6) is 5.75 Å². The molecule has 0 aliphatic heterocycles. The normalized spacial score (nSPS) is 15.4. The van der Waals surface area contributed by atoms with E-state index >= 15 is 0 Å². The number of hydrogen-bond donors (Lipinski definition) is 1. The van der Waals surface area contributed by atoms with Crippen LogP contribution in [0, 0.1) is 5.41 Å². The fraction of sp³-hybridized carbons (Fsp3) is 0.200. The van der Waals surface area contributed by atoms with Gasteiger partial charge in [0.15, 0.2) is 0 Å². The van der Waals surface area contributed by atoms with E-state index < -0.39 is 5.89 Å². The zero-order valence-corrected chi connectivity index (χ0v) is 37.7. The first-order chi connectivity index (χ1) is 31.9. The Balaban J connectivity index is 1.14. The smallest absolute Gasteiger partial charge is 0.149 e. The van der Waals surface area contributed by atoms with Gasteiger partial charge in [-0.25, -0.2) is 4.98 Å². The van der Waals surface area contributed by atoms with Crippen molar-refractivity contribution in [1.82, 2.24) is 18.9 Å². The topological polar surface area (TPSA) is 55.4 Å². The Morgan fingerprint density at radius 3 is 2.17 bits per heavy atom. The van der Waals surface area contributed by atoms with Crippen molar-refractivity contribution in [2.24, 2.45) is 5.41 Å². The molecule has 0 unspecified atom stereocenters. The number of nitrogens with zero attached hydrogens (tertiary/aromatic N) is 4. The van der Waals surface area contributed by atoms with Gasteiger partial charge in [-0.05, 0) is 131 Å². The molecule has 11 aromatic rings. The van der Waals surface area contributed by atoms with Gasteiger partial charge in [0.2, 0.25) is 0 Å². The summed E-state index contributed by atoms with van der Waals surface area (Å²) < 4.78 is 14.4. The van der Waals surface area contributed by atoms with Gasteiger partial charge in [0, 0.05) is 45.8 Å². The fourth-order valence-electron chi connectivity index (χ4n) is 10.7. The lowest BCUT2D eigenvalue weighted by Gasteiger charge is -2.34. The molecule has 0 amide bonds. The lowest BCUT2D eigenvalue weighted by Crippen LogP contribution is -2.20. The number of imidazole rings is 1. The van der Waals surface area contributed by atoms with Crippen molar-refractivity contribution in [3.63, 3.8) is 0 Å². The van der Waals surface area contributed by atoms with E-state index in [-0.39, 0.29) is 16.6 Å². The molecule has 4 aromatic heterocycles. The van der Waals surface area contributed by atoms with Crippen molar-refractivity contribution in [2.45, 2.75) is 71.6 Å². The van der Waals surface area contributed by atoms with Crippen LogP contribution in [0.15, 0.2) is 164 Å². The molecule has 318 valence electrons. The molecule has 1 aliphatic rings. The first kappa shape index (κ1) is 38.2. The second kappa shape index (κ2) is 14.6. The summed E-state index contributed by atoms with van der Waals surface area (Å²) in [5, 5.41) is 16.3. The first-order valence-electron chi connectivity index (χ1n) is 23.6. The molecule has 5 nitrogen and oxygen atoms in total. The van der Waals surface area contributed by atoms with Crippen LogP contribution in [0.1, 0.15) is 78.7 Å². The Morgan fingerprint density at radius 2 is 1.38 bits per heavy atom. The van der Waals surface area contributed by atoms with Crippen LogP contribution in [0.3, 0.4) is 0 Å². The van der Waals surface area contributed by atoms with E-state index in [1.807, 2.05) is 30.5 Å².